The highest BCUT2D eigenvalue weighted by atomic mass is 19.2. The van der Waals surface area contributed by atoms with E-state index in [1.54, 1.807) is 4.90 Å². The van der Waals surface area contributed by atoms with Crippen molar-refractivity contribution in [2.45, 2.75) is 63.2 Å². The average molecular weight is 465 g/mol. The molecule has 0 radical (unpaired) electrons. The molecule has 2 fully saturated rings. The molecule has 1 saturated carbocycles. The Hall–Kier alpha value is -3.08. The molecule has 2 bridgehead atoms. The zero-order chi connectivity index (χ0) is 23.7. The van der Waals surface area contributed by atoms with Crippen LogP contribution in [0.5, 0.6) is 5.75 Å². The Labute approximate surface area is 186 Å². The molecule has 8 nitrogen and oxygen atoms in total. The fourth-order valence-corrected chi connectivity index (χ4v) is 5.10. The third kappa shape index (κ3) is 3.54. The summed E-state index contributed by atoms with van der Waals surface area (Å²) in [7, 11) is 0. The number of nitrogens with zero attached hydrogens (tertiary/aromatic N) is 2. The van der Waals surface area contributed by atoms with Crippen molar-refractivity contribution in [3.05, 3.63) is 51.0 Å². The number of rotatable bonds is 3. The first kappa shape index (κ1) is 21.7. The van der Waals surface area contributed by atoms with E-state index in [9.17, 15) is 32.7 Å². The van der Waals surface area contributed by atoms with Crippen LogP contribution in [-0.2, 0) is 11.3 Å². The van der Waals surface area contributed by atoms with Gasteiger partial charge in [0.2, 0.25) is 5.43 Å². The lowest BCUT2D eigenvalue weighted by Gasteiger charge is -2.44. The molecule has 3 unspecified atom stereocenters. The molecule has 4 atom stereocenters. The van der Waals surface area contributed by atoms with Crippen LogP contribution in [0, 0.1) is 0 Å². The Bertz CT molecular complexity index is 1190. The molecule has 0 aromatic carbocycles. The summed E-state index contributed by atoms with van der Waals surface area (Å²) in [5.74, 6) is -4.58. The quantitative estimate of drug-likeness (QED) is 0.713. The van der Waals surface area contributed by atoms with E-state index in [4.69, 9.17) is 4.74 Å². The van der Waals surface area contributed by atoms with E-state index in [1.165, 1.54) is 4.57 Å². The van der Waals surface area contributed by atoms with E-state index >= 15 is 0 Å². The number of halogens is 3. The molecule has 1 saturated heterocycles. The highest BCUT2D eigenvalue weighted by Crippen LogP contribution is 2.39. The number of pyridine rings is 1. The van der Waals surface area contributed by atoms with Gasteiger partial charge in [-0.05, 0) is 32.3 Å². The van der Waals surface area contributed by atoms with Crippen LogP contribution in [0.25, 0.3) is 0 Å². The van der Waals surface area contributed by atoms with E-state index < -0.39 is 70.6 Å². The fraction of sp³-hybridized carbons (Fsp3) is 0.500. The van der Waals surface area contributed by atoms with Crippen LogP contribution in [0.4, 0.5) is 13.2 Å². The molecule has 2 aliphatic carbocycles. The van der Waals surface area contributed by atoms with Gasteiger partial charge in [0.1, 0.15) is 22.9 Å². The molecule has 4 aliphatic rings. The highest BCUT2D eigenvalue weighted by Gasteiger charge is 2.47. The summed E-state index contributed by atoms with van der Waals surface area (Å²) < 4.78 is 49.3. The van der Waals surface area contributed by atoms with Crippen LogP contribution in [0.2, 0.25) is 0 Å². The summed E-state index contributed by atoms with van der Waals surface area (Å²) in [6, 6.07) is -0.0275. The number of carbonyl (C=O) groups excluding carboxylic acids is 2. The third-order valence-electron chi connectivity index (χ3n) is 6.67. The second-order valence-corrected chi connectivity index (χ2v) is 9.13. The van der Waals surface area contributed by atoms with Gasteiger partial charge in [-0.3, -0.25) is 14.4 Å². The van der Waals surface area contributed by atoms with Crippen molar-refractivity contribution in [2.24, 2.45) is 0 Å². The standard InChI is InChI=1S/C22H22F3N3O5/c1-22(25)5-14(23)12(15(24)6-22)7-26-20(31)13-8-27-9-16-28(10-2-3-11(4-10)33-16)21(32)17(27)19(30)18(13)29/h5,8,10-11,16,30H,2-4,6-7,9H2,1H3,(H,26,31)/t10?,11?,16-,22?/m1/s1. The Kier molecular flexibility index (Phi) is 4.93. The number of carbonyl (C=O) groups is 2. The molecule has 11 heteroatoms. The Morgan fingerprint density at radius 3 is 2.82 bits per heavy atom. The summed E-state index contributed by atoms with van der Waals surface area (Å²) >= 11 is 0. The topological polar surface area (TPSA) is 101 Å². The molecule has 1 aromatic rings. The lowest BCUT2D eigenvalue weighted by Crippen LogP contribution is -2.57. The Morgan fingerprint density at radius 1 is 1.33 bits per heavy atom. The van der Waals surface area contributed by atoms with Gasteiger partial charge in [-0.1, -0.05) is 0 Å². The lowest BCUT2D eigenvalue weighted by atomic mass is 9.93. The van der Waals surface area contributed by atoms with Crippen molar-refractivity contribution in [2.75, 3.05) is 6.54 Å². The van der Waals surface area contributed by atoms with E-state index in [0.717, 1.165) is 26.0 Å². The number of aromatic nitrogens is 1. The molecule has 3 heterocycles. The van der Waals surface area contributed by atoms with Gasteiger partial charge in [0.15, 0.2) is 17.7 Å². The first-order chi connectivity index (χ1) is 15.6. The van der Waals surface area contributed by atoms with Crippen LogP contribution >= 0.6 is 0 Å². The predicted molar refractivity (Wildman–Crippen MR) is 109 cm³/mol. The maximum atomic E-state index is 14.1. The molecule has 1 aromatic heterocycles. The van der Waals surface area contributed by atoms with E-state index in [2.05, 4.69) is 5.32 Å². The summed E-state index contributed by atoms with van der Waals surface area (Å²) in [5.41, 5.74) is -4.48. The van der Waals surface area contributed by atoms with Crippen molar-refractivity contribution in [1.29, 1.82) is 0 Å². The number of allylic oxidation sites excluding steroid dienone is 2. The molecular weight excluding hydrogens is 443 g/mol. The number of amides is 2. The number of hydrogen-bond acceptors (Lipinski definition) is 5. The highest BCUT2D eigenvalue weighted by molar-refractivity contribution is 5.99. The minimum atomic E-state index is -2.17. The number of hydrogen-bond donors (Lipinski definition) is 2. The van der Waals surface area contributed by atoms with Gasteiger partial charge in [0.25, 0.3) is 11.8 Å². The van der Waals surface area contributed by atoms with Crippen LogP contribution < -0.4 is 10.7 Å². The van der Waals surface area contributed by atoms with Gasteiger partial charge in [0, 0.05) is 30.8 Å². The minimum absolute atomic E-state index is 0.0275. The zero-order valence-corrected chi connectivity index (χ0v) is 17.7. The van der Waals surface area contributed by atoms with Crippen molar-refractivity contribution >= 4 is 11.8 Å². The molecule has 2 aliphatic heterocycles. The third-order valence-corrected chi connectivity index (χ3v) is 6.67. The van der Waals surface area contributed by atoms with Gasteiger partial charge < -0.3 is 24.6 Å². The van der Waals surface area contributed by atoms with Gasteiger partial charge in [-0.15, -0.1) is 0 Å². The van der Waals surface area contributed by atoms with Gasteiger partial charge >= 0.3 is 0 Å². The number of ether oxygens (including phenoxy) is 1. The zero-order valence-electron chi connectivity index (χ0n) is 17.7. The van der Waals surface area contributed by atoms with Crippen molar-refractivity contribution < 1.29 is 32.6 Å². The molecule has 5 rings (SSSR count). The molecule has 33 heavy (non-hydrogen) atoms. The van der Waals surface area contributed by atoms with Gasteiger partial charge in [-0.25, -0.2) is 13.2 Å². The van der Waals surface area contributed by atoms with E-state index in [1.807, 2.05) is 0 Å². The number of fused-ring (bicyclic) bond motifs is 5. The first-order valence-corrected chi connectivity index (χ1v) is 10.7. The second-order valence-electron chi connectivity index (χ2n) is 9.13. The maximum Gasteiger partial charge on any atom is 0.276 e. The van der Waals surface area contributed by atoms with Crippen LogP contribution in [0.1, 0.15) is 53.5 Å². The first-order valence-electron chi connectivity index (χ1n) is 10.7. The predicted octanol–water partition coefficient (Wildman–Crippen LogP) is 2.23. The van der Waals surface area contributed by atoms with Crippen molar-refractivity contribution in [3.63, 3.8) is 0 Å². The smallest absolute Gasteiger partial charge is 0.276 e. The molecule has 0 spiro atoms. The molecule has 176 valence electrons. The SMILES string of the molecule is CC1(F)C=C(F)C(CNC(=O)c2cn3c(c(O)c2=O)C(=O)N2C4CCC(C4)O[C@@H]2C3)=C(F)C1. The molecular formula is C22H22F3N3O5. The minimum Gasteiger partial charge on any atom is -0.503 e. The van der Waals surface area contributed by atoms with Gasteiger partial charge in [-0.2, -0.15) is 0 Å². The summed E-state index contributed by atoms with van der Waals surface area (Å²) in [6.45, 7) is 0.531. The fourth-order valence-electron chi connectivity index (χ4n) is 5.10. The van der Waals surface area contributed by atoms with Gasteiger partial charge in [0.05, 0.1) is 12.6 Å². The lowest BCUT2D eigenvalue weighted by molar-refractivity contribution is -0.132. The second kappa shape index (κ2) is 7.47. The van der Waals surface area contributed by atoms with Crippen LogP contribution in [0.15, 0.2) is 34.3 Å². The maximum absolute atomic E-state index is 14.1. The normalized spacial score (nSPS) is 30.7. The van der Waals surface area contributed by atoms with E-state index in [-0.39, 0.29) is 24.4 Å². The Morgan fingerprint density at radius 2 is 2.09 bits per heavy atom. The molecule has 2 amide bonds. The number of nitrogens with one attached hydrogen (secondary N) is 1. The van der Waals surface area contributed by atoms with Crippen molar-refractivity contribution in [1.82, 2.24) is 14.8 Å². The number of aromatic hydroxyl groups is 1. The van der Waals surface area contributed by atoms with Crippen LogP contribution in [0.3, 0.4) is 0 Å². The Balaban J connectivity index is 1.41. The summed E-state index contributed by atoms with van der Waals surface area (Å²) in [6.07, 6.45) is 2.85. The average Bonchev–Trinajstić information content (AvgIpc) is 3.09. The van der Waals surface area contributed by atoms with Crippen molar-refractivity contribution in [3.8, 4) is 5.75 Å². The molecule has 2 N–H and O–H groups in total. The van der Waals surface area contributed by atoms with E-state index in [0.29, 0.717) is 12.5 Å². The monoisotopic (exact) mass is 465 g/mol. The summed E-state index contributed by atoms with van der Waals surface area (Å²) in [4.78, 5) is 39.9. The summed E-state index contributed by atoms with van der Waals surface area (Å²) in [5, 5.41) is 12.7. The number of alkyl halides is 1. The largest absolute Gasteiger partial charge is 0.503 e. The van der Waals surface area contributed by atoms with Crippen LogP contribution in [-0.4, -0.2) is 57.0 Å².